The lowest BCUT2D eigenvalue weighted by Gasteiger charge is -2.10. The van der Waals surface area contributed by atoms with Gasteiger partial charge in [-0.05, 0) is 18.6 Å². The fraction of sp³-hybridized carbons (Fsp3) is 0.385. The molecule has 0 saturated heterocycles. The number of aliphatic hydroxyl groups excluding tert-OH is 1. The first-order valence-electron chi connectivity index (χ1n) is 5.86. The van der Waals surface area contributed by atoms with Crippen LogP contribution in [0.25, 0.3) is 0 Å². The zero-order valence-electron chi connectivity index (χ0n) is 10.6. The number of aliphatic carboxylic acids is 1. The number of carbonyl (C=O) groups is 2. The number of hydrogen-bond donors (Lipinski definition) is 3. The molecular weight excluding hydrogens is 250 g/mol. The maximum atomic E-state index is 11.4. The summed E-state index contributed by atoms with van der Waals surface area (Å²) in [6.45, 7) is 1.81. The van der Waals surface area contributed by atoms with E-state index in [2.05, 4.69) is 5.32 Å². The van der Waals surface area contributed by atoms with E-state index >= 15 is 0 Å². The van der Waals surface area contributed by atoms with Crippen LogP contribution in [0.1, 0.15) is 12.0 Å². The molecular formula is C13H17NO5. The first-order chi connectivity index (χ1) is 9.00. The van der Waals surface area contributed by atoms with Crippen molar-refractivity contribution in [2.45, 2.75) is 19.4 Å². The Morgan fingerprint density at radius 2 is 2.05 bits per heavy atom. The molecule has 104 valence electrons. The number of ether oxygens (including phenoxy) is 1. The van der Waals surface area contributed by atoms with Gasteiger partial charge in [-0.2, -0.15) is 0 Å². The monoisotopic (exact) mass is 267 g/mol. The summed E-state index contributed by atoms with van der Waals surface area (Å²) in [5.74, 6) is -1.03. The van der Waals surface area contributed by atoms with E-state index in [1.165, 1.54) is 0 Å². The van der Waals surface area contributed by atoms with E-state index in [1.807, 2.05) is 25.1 Å². The third-order valence-electron chi connectivity index (χ3n) is 2.48. The maximum Gasteiger partial charge on any atom is 0.332 e. The highest BCUT2D eigenvalue weighted by atomic mass is 16.5. The molecule has 0 heterocycles. The van der Waals surface area contributed by atoms with Crippen molar-refractivity contribution in [2.24, 2.45) is 0 Å². The molecule has 6 nitrogen and oxygen atoms in total. The highest BCUT2D eigenvalue weighted by Gasteiger charge is 2.13. The molecule has 6 heteroatoms. The van der Waals surface area contributed by atoms with Crippen molar-refractivity contribution in [3.63, 3.8) is 0 Å². The molecule has 0 saturated carbocycles. The van der Waals surface area contributed by atoms with E-state index in [9.17, 15) is 9.59 Å². The van der Waals surface area contributed by atoms with Gasteiger partial charge in [0.25, 0.3) is 5.91 Å². The van der Waals surface area contributed by atoms with Crippen LogP contribution in [-0.4, -0.2) is 41.3 Å². The van der Waals surface area contributed by atoms with E-state index in [0.717, 1.165) is 5.56 Å². The predicted molar refractivity (Wildman–Crippen MR) is 67.9 cm³/mol. The number of benzene rings is 1. The Morgan fingerprint density at radius 1 is 1.37 bits per heavy atom. The van der Waals surface area contributed by atoms with Crippen LogP contribution in [0.15, 0.2) is 24.3 Å². The molecule has 0 unspecified atom stereocenters. The van der Waals surface area contributed by atoms with E-state index in [0.29, 0.717) is 5.75 Å². The normalized spacial score (nSPS) is 11.7. The second-order valence-corrected chi connectivity index (χ2v) is 4.05. The average Bonchev–Trinajstić information content (AvgIpc) is 2.37. The first-order valence-corrected chi connectivity index (χ1v) is 5.86. The van der Waals surface area contributed by atoms with E-state index in [1.54, 1.807) is 6.07 Å². The average molecular weight is 267 g/mol. The van der Waals surface area contributed by atoms with Crippen LogP contribution in [0.3, 0.4) is 0 Å². The standard InChI is InChI=1S/C13H17NO5/c1-9-4-2-3-5-11(9)19-8-12(16)14-7-6-10(15)13(17)18/h2-5,10,15H,6-8H2,1H3,(H,14,16)(H,17,18)/t10-/m0/s1. The summed E-state index contributed by atoms with van der Waals surface area (Å²) in [6.07, 6.45) is -1.50. The summed E-state index contributed by atoms with van der Waals surface area (Å²) < 4.78 is 5.31. The van der Waals surface area contributed by atoms with Gasteiger partial charge in [0.1, 0.15) is 5.75 Å². The fourth-order valence-electron chi connectivity index (χ4n) is 1.38. The molecule has 1 aromatic carbocycles. The van der Waals surface area contributed by atoms with Crippen LogP contribution in [0.4, 0.5) is 0 Å². The number of aryl methyl sites for hydroxylation is 1. The minimum atomic E-state index is -1.46. The Bertz CT molecular complexity index is 446. The summed E-state index contributed by atoms with van der Waals surface area (Å²) in [5.41, 5.74) is 0.927. The molecule has 0 fully saturated rings. The minimum absolute atomic E-state index is 0.0363. The fourth-order valence-corrected chi connectivity index (χ4v) is 1.38. The third-order valence-corrected chi connectivity index (χ3v) is 2.48. The number of carboxylic acid groups (broad SMARTS) is 1. The van der Waals surface area contributed by atoms with E-state index in [4.69, 9.17) is 14.9 Å². The second-order valence-electron chi connectivity index (χ2n) is 4.05. The summed E-state index contributed by atoms with van der Waals surface area (Å²) in [4.78, 5) is 21.7. The first kappa shape index (κ1) is 15.0. The molecule has 0 spiro atoms. The van der Waals surface area contributed by atoms with Gasteiger partial charge in [0.2, 0.25) is 0 Å². The van der Waals surface area contributed by atoms with E-state index in [-0.39, 0.29) is 25.5 Å². The van der Waals surface area contributed by atoms with Crippen molar-refractivity contribution in [3.05, 3.63) is 29.8 Å². The number of rotatable bonds is 7. The summed E-state index contributed by atoms with van der Waals surface area (Å²) in [5, 5.41) is 19.9. The number of carboxylic acids is 1. The second kappa shape index (κ2) is 7.38. The van der Waals surface area contributed by atoms with Crippen molar-refractivity contribution in [2.75, 3.05) is 13.2 Å². The van der Waals surface area contributed by atoms with Crippen LogP contribution >= 0.6 is 0 Å². The SMILES string of the molecule is Cc1ccccc1OCC(=O)NCC[C@H](O)C(=O)O. The molecule has 0 radical (unpaired) electrons. The lowest BCUT2D eigenvalue weighted by molar-refractivity contribution is -0.147. The van der Waals surface area contributed by atoms with Crippen molar-refractivity contribution >= 4 is 11.9 Å². The van der Waals surface area contributed by atoms with Crippen molar-refractivity contribution in [1.82, 2.24) is 5.32 Å². The molecule has 3 N–H and O–H groups in total. The lowest BCUT2D eigenvalue weighted by Crippen LogP contribution is -2.33. The van der Waals surface area contributed by atoms with Crippen LogP contribution in [-0.2, 0) is 9.59 Å². The molecule has 1 amide bonds. The highest BCUT2D eigenvalue weighted by Crippen LogP contribution is 2.15. The molecule has 1 atom stereocenters. The lowest BCUT2D eigenvalue weighted by atomic mass is 10.2. The number of amides is 1. The van der Waals surface area contributed by atoms with Crippen LogP contribution in [0.5, 0.6) is 5.75 Å². The largest absolute Gasteiger partial charge is 0.484 e. The number of para-hydroxylation sites is 1. The third kappa shape index (κ3) is 5.39. The quantitative estimate of drug-likeness (QED) is 0.661. The van der Waals surface area contributed by atoms with Gasteiger partial charge in [0.15, 0.2) is 12.7 Å². The number of hydrogen-bond acceptors (Lipinski definition) is 4. The van der Waals surface area contributed by atoms with E-state index < -0.39 is 12.1 Å². The molecule has 0 aromatic heterocycles. The molecule has 1 aromatic rings. The zero-order valence-corrected chi connectivity index (χ0v) is 10.6. The van der Waals surface area contributed by atoms with Crippen molar-refractivity contribution < 1.29 is 24.5 Å². The highest BCUT2D eigenvalue weighted by molar-refractivity contribution is 5.77. The van der Waals surface area contributed by atoms with Crippen LogP contribution in [0.2, 0.25) is 0 Å². The molecule has 0 bridgehead atoms. The predicted octanol–water partition coefficient (Wildman–Crippen LogP) is 0.326. The minimum Gasteiger partial charge on any atom is -0.484 e. The van der Waals surface area contributed by atoms with Gasteiger partial charge in [-0.25, -0.2) is 4.79 Å². The Balaban J connectivity index is 2.25. The summed E-state index contributed by atoms with van der Waals surface area (Å²) >= 11 is 0. The Morgan fingerprint density at radius 3 is 2.68 bits per heavy atom. The van der Waals surface area contributed by atoms with Gasteiger partial charge in [0, 0.05) is 13.0 Å². The number of aliphatic hydroxyl groups is 1. The van der Waals surface area contributed by atoms with Crippen molar-refractivity contribution in [3.8, 4) is 5.75 Å². The molecule has 0 aliphatic rings. The van der Waals surface area contributed by atoms with Crippen LogP contribution in [0, 0.1) is 6.92 Å². The Hall–Kier alpha value is -2.08. The van der Waals surface area contributed by atoms with Crippen LogP contribution < -0.4 is 10.1 Å². The van der Waals surface area contributed by atoms with Gasteiger partial charge < -0.3 is 20.3 Å². The molecule has 0 aliphatic heterocycles. The molecule has 0 aliphatic carbocycles. The van der Waals surface area contributed by atoms with Gasteiger partial charge in [-0.15, -0.1) is 0 Å². The van der Waals surface area contributed by atoms with Gasteiger partial charge >= 0.3 is 5.97 Å². The summed E-state index contributed by atoms with van der Waals surface area (Å²) in [6, 6.07) is 7.31. The topological polar surface area (TPSA) is 95.9 Å². The van der Waals surface area contributed by atoms with Gasteiger partial charge in [-0.3, -0.25) is 4.79 Å². The van der Waals surface area contributed by atoms with Gasteiger partial charge in [-0.1, -0.05) is 18.2 Å². The Labute approximate surface area is 111 Å². The molecule has 19 heavy (non-hydrogen) atoms. The number of carbonyl (C=O) groups excluding carboxylic acids is 1. The van der Waals surface area contributed by atoms with Crippen molar-refractivity contribution in [1.29, 1.82) is 0 Å². The zero-order chi connectivity index (χ0) is 14.3. The summed E-state index contributed by atoms with van der Waals surface area (Å²) in [7, 11) is 0. The maximum absolute atomic E-state index is 11.4. The Kier molecular flexibility index (Phi) is 5.81. The number of nitrogens with one attached hydrogen (secondary N) is 1. The van der Waals surface area contributed by atoms with Gasteiger partial charge in [0.05, 0.1) is 0 Å². The smallest absolute Gasteiger partial charge is 0.332 e. The molecule has 1 rings (SSSR count).